The Morgan fingerprint density at radius 3 is 2.58 bits per heavy atom. The molecule has 1 aliphatic rings. The quantitative estimate of drug-likeness (QED) is 0.881. The van der Waals surface area contributed by atoms with Crippen molar-refractivity contribution < 1.29 is 4.79 Å². The van der Waals surface area contributed by atoms with Gasteiger partial charge in [0.05, 0.1) is 5.69 Å². The molecule has 0 bridgehead atoms. The van der Waals surface area contributed by atoms with Crippen molar-refractivity contribution >= 4 is 5.78 Å². The van der Waals surface area contributed by atoms with Gasteiger partial charge in [0.25, 0.3) is 0 Å². The number of aromatic nitrogens is 2. The average molecular weight is 325 g/mol. The summed E-state index contributed by atoms with van der Waals surface area (Å²) >= 11 is 0. The second-order valence-corrected chi connectivity index (χ2v) is 6.87. The highest BCUT2D eigenvalue weighted by Crippen LogP contribution is 2.36. The topological polar surface area (TPSA) is 60.9 Å². The predicted octanol–water partition coefficient (Wildman–Crippen LogP) is 3.67. The third-order valence-electron chi connectivity index (χ3n) is 5.16. The molecule has 0 radical (unpaired) electrons. The van der Waals surface area contributed by atoms with Crippen molar-refractivity contribution in [1.29, 1.82) is 0 Å². The number of imidazole rings is 1. The van der Waals surface area contributed by atoms with Crippen LogP contribution in [0.3, 0.4) is 0 Å². The summed E-state index contributed by atoms with van der Waals surface area (Å²) in [5, 5.41) is 0. The largest absolute Gasteiger partial charge is 0.337 e. The van der Waals surface area contributed by atoms with Crippen molar-refractivity contribution in [2.45, 2.75) is 44.4 Å². The lowest BCUT2D eigenvalue weighted by Crippen LogP contribution is -2.22. The van der Waals surface area contributed by atoms with Gasteiger partial charge < -0.3 is 10.3 Å². The molecule has 2 aromatic rings. The maximum Gasteiger partial charge on any atom is 0.136 e. The number of hydrogen-bond acceptors (Lipinski definition) is 3. The molecule has 1 saturated carbocycles. The van der Waals surface area contributed by atoms with Crippen LogP contribution in [0.4, 0.5) is 0 Å². The van der Waals surface area contributed by atoms with Crippen LogP contribution < -0.4 is 5.73 Å². The van der Waals surface area contributed by atoms with Gasteiger partial charge in [0.1, 0.15) is 11.6 Å². The average Bonchev–Trinajstić information content (AvgIpc) is 3.02. The lowest BCUT2D eigenvalue weighted by atomic mass is 9.79. The summed E-state index contributed by atoms with van der Waals surface area (Å²) in [5.41, 5.74) is 7.70. The molecule has 1 aliphatic carbocycles. The van der Waals surface area contributed by atoms with Gasteiger partial charge in [0.2, 0.25) is 0 Å². The number of rotatable bonds is 6. The van der Waals surface area contributed by atoms with E-state index in [0.29, 0.717) is 24.7 Å². The normalized spacial score (nSPS) is 20.9. The molecule has 3 rings (SSSR count). The molecule has 24 heavy (non-hydrogen) atoms. The number of carbonyl (C=O) groups excluding carboxylic acids is 1. The molecule has 2 N–H and O–H groups in total. The first-order valence-corrected chi connectivity index (χ1v) is 9.00. The fraction of sp³-hybridized carbons (Fsp3) is 0.500. The van der Waals surface area contributed by atoms with E-state index in [9.17, 15) is 4.79 Å². The van der Waals surface area contributed by atoms with Gasteiger partial charge in [-0.15, -0.1) is 0 Å². The molecule has 1 fully saturated rings. The maximum atomic E-state index is 12.2. The van der Waals surface area contributed by atoms with Crippen LogP contribution in [0.1, 0.15) is 50.3 Å². The summed E-state index contributed by atoms with van der Waals surface area (Å²) in [4.78, 5) is 17.1. The highest BCUT2D eigenvalue weighted by Gasteiger charge is 2.28. The minimum Gasteiger partial charge on any atom is -0.337 e. The highest BCUT2D eigenvalue weighted by atomic mass is 16.1. The molecule has 0 aliphatic heterocycles. The third kappa shape index (κ3) is 3.75. The Kier molecular flexibility index (Phi) is 5.46. The summed E-state index contributed by atoms with van der Waals surface area (Å²) in [6.45, 7) is 0.608. The Hall–Kier alpha value is -1.94. The zero-order valence-electron chi connectivity index (χ0n) is 14.4. The van der Waals surface area contributed by atoms with E-state index in [1.54, 1.807) is 0 Å². The number of benzene rings is 1. The lowest BCUT2D eigenvalue weighted by Gasteiger charge is -2.27. The van der Waals surface area contributed by atoms with E-state index in [1.165, 1.54) is 0 Å². The molecule has 128 valence electrons. The van der Waals surface area contributed by atoms with Gasteiger partial charge in [-0.25, -0.2) is 4.98 Å². The number of Topliss-reactive ketones (excluding diaryl/α,β-unsaturated/α-hetero) is 1. The van der Waals surface area contributed by atoms with E-state index in [2.05, 4.69) is 29.9 Å². The van der Waals surface area contributed by atoms with Gasteiger partial charge in [-0.1, -0.05) is 30.3 Å². The Morgan fingerprint density at radius 1 is 1.21 bits per heavy atom. The number of hydrogen-bond donors (Lipinski definition) is 1. The smallest absolute Gasteiger partial charge is 0.136 e. The minimum absolute atomic E-state index is 0.238. The summed E-state index contributed by atoms with van der Waals surface area (Å²) in [7, 11) is 2.08. The van der Waals surface area contributed by atoms with Crippen LogP contribution >= 0.6 is 0 Å². The zero-order valence-corrected chi connectivity index (χ0v) is 14.4. The Labute approximate surface area is 144 Å². The molecule has 1 heterocycles. The molecule has 0 spiro atoms. The van der Waals surface area contributed by atoms with Crippen LogP contribution in [-0.2, 0) is 11.8 Å². The first-order chi connectivity index (χ1) is 11.7. The van der Waals surface area contributed by atoms with Gasteiger partial charge in [-0.05, 0) is 38.6 Å². The van der Waals surface area contributed by atoms with Crippen molar-refractivity contribution in [3.05, 3.63) is 42.4 Å². The van der Waals surface area contributed by atoms with Crippen molar-refractivity contribution in [3.63, 3.8) is 0 Å². The maximum absolute atomic E-state index is 12.2. The second-order valence-electron chi connectivity index (χ2n) is 6.87. The zero-order chi connectivity index (χ0) is 16.9. The monoisotopic (exact) mass is 325 g/mol. The van der Waals surface area contributed by atoms with Crippen LogP contribution in [-0.4, -0.2) is 21.9 Å². The SMILES string of the molecule is Cn1cc(-c2ccccc2)nc1C1CCC(C(=O)CCCN)CC1. The van der Waals surface area contributed by atoms with Gasteiger partial charge in [0.15, 0.2) is 0 Å². The third-order valence-corrected chi connectivity index (χ3v) is 5.16. The Morgan fingerprint density at radius 2 is 1.92 bits per heavy atom. The van der Waals surface area contributed by atoms with Gasteiger partial charge in [-0.3, -0.25) is 4.79 Å². The molecule has 4 heteroatoms. The lowest BCUT2D eigenvalue weighted by molar-refractivity contribution is -0.123. The summed E-state index contributed by atoms with van der Waals surface area (Å²) < 4.78 is 2.16. The van der Waals surface area contributed by atoms with E-state index >= 15 is 0 Å². The molecule has 0 amide bonds. The predicted molar refractivity (Wildman–Crippen MR) is 96.6 cm³/mol. The van der Waals surface area contributed by atoms with E-state index in [1.807, 2.05) is 18.2 Å². The van der Waals surface area contributed by atoms with E-state index in [-0.39, 0.29) is 5.92 Å². The molecule has 0 unspecified atom stereocenters. The van der Waals surface area contributed by atoms with Gasteiger partial charge in [-0.2, -0.15) is 0 Å². The molecular formula is C20H27N3O. The minimum atomic E-state index is 0.238. The van der Waals surface area contributed by atoms with Crippen LogP contribution in [0, 0.1) is 5.92 Å². The number of aryl methyl sites for hydroxylation is 1. The number of ketones is 1. The molecule has 4 nitrogen and oxygen atoms in total. The summed E-state index contributed by atoms with van der Waals surface area (Å²) in [6.07, 6.45) is 7.66. The van der Waals surface area contributed by atoms with Crippen molar-refractivity contribution in [2.75, 3.05) is 6.54 Å². The Balaban J connectivity index is 1.65. The number of nitrogens with two attached hydrogens (primary N) is 1. The Bertz CT molecular complexity index is 669. The van der Waals surface area contributed by atoms with E-state index in [0.717, 1.165) is 49.2 Å². The van der Waals surface area contributed by atoms with Gasteiger partial charge in [0, 0.05) is 37.1 Å². The second kappa shape index (κ2) is 7.75. The fourth-order valence-electron chi connectivity index (χ4n) is 3.76. The molecule has 0 atom stereocenters. The summed E-state index contributed by atoms with van der Waals surface area (Å²) in [6, 6.07) is 10.3. The number of carbonyl (C=O) groups is 1. The first kappa shape index (κ1) is 16.9. The molecular weight excluding hydrogens is 298 g/mol. The van der Waals surface area contributed by atoms with E-state index < -0.39 is 0 Å². The first-order valence-electron chi connectivity index (χ1n) is 9.00. The molecule has 1 aromatic carbocycles. The summed E-state index contributed by atoms with van der Waals surface area (Å²) in [5.74, 6) is 2.26. The molecule has 1 aromatic heterocycles. The van der Waals surface area contributed by atoms with Crippen LogP contribution in [0.25, 0.3) is 11.3 Å². The molecule has 0 saturated heterocycles. The van der Waals surface area contributed by atoms with E-state index in [4.69, 9.17) is 10.7 Å². The highest BCUT2D eigenvalue weighted by molar-refractivity contribution is 5.81. The van der Waals surface area contributed by atoms with Crippen molar-refractivity contribution in [1.82, 2.24) is 9.55 Å². The number of nitrogens with zero attached hydrogens (tertiary/aromatic N) is 2. The van der Waals surface area contributed by atoms with Crippen LogP contribution in [0.5, 0.6) is 0 Å². The van der Waals surface area contributed by atoms with Crippen LogP contribution in [0.2, 0.25) is 0 Å². The van der Waals surface area contributed by atoms with Crippen molar-refractivity contribution in [3.8, 4) is 11.3 Å². The van der Waals surface area contributed by atoms with Crippen molar-refractivity contribution in [2.24, 2.45) is 18.7 Å². The van der Waals surface area contributed by atoms with Gasteiger partial charge >= 0.3 is 0 Å². The van der Waals surface area contributed by atoms with Crippen LogP contribution in [0.15, 0.2) is 36.5 Å². The standard InChI is InChI=1S/C20H27N3O/c1-23-14-18(15-6-3-2-4-7-15)22-20(23)17-11-9-16(10-12-17)19(24)8-5-13-21/h2-4,6-7,14,16-17H,5,8-13,21H2,1H3. The fourth-order valence-corrected chi connectivity index (χ4v) is 3.76.